The van der Waals surface area contributed by atoms with Crippen molar-refractivity contribution >= 4 is 17.3 Å². The Bertz CT molecular complexity index is 830. The predicted octanol–water partition coefficient (Wildman–Crippen LogP) is 5.10. The number of nitrogens with one attached hydrogen (secondary N) is 1. The van der Waals surface area contributed by atoms with Gasteiger partial charge >= 0.3 is 0 Å². The average molecular weight is 458 g/mol. The maximum atomic E-state index is 5.91. The van der Waals surface area contributed by atoms with Crippen LogP contribution in [-0.2, 0) is 13.1 Å². The summed E-state index contributed by atoms with van der Waals surface area (Å²) in [7, 11) is 4.88. The lowest BCUT2D eigenvalue weighted by Crippen LogP contribution is -2.44. The van der Waals surface area contributed by atoms with Crippen molar-refractivity contribution < 1.29 is 14.2 Å². The predicted molar refractivity (Wildman–Crippen MR) is 131 cm³/mol. The smallest absolute Gasteiger partial charge is 0.203 e. The van der Waals surface area contributed by atoms with Crippen molar-refractivity contribution in [2.45, 2.75) is 64.1 Å². The zero-order valence-corrected chi connectivity index (χ0v) is 20.2. The van der Waals surface area contributed by atoms with Gasteiger partial charge in [-0.1, -0.05) is 38.2 Å². The minimum absolute atomic E-state index is 0.430. The third kappa shape index (κ3) is 6.73. The summed E-state index contributed by atoms with van der Waals surface area (Å²) in [6.07, 6.45) is 12.5. The van der Waals surface area contributed by atoms with Crippen LogP contribution in [0.3, 0.4) is 0 Å². The molecule has 2 aromatic rings. The molecule has 1 fully saturated rings. The summed E-state index contributed by atoms with van der Waals surface area (Å²) in [6, 6.07) is 8.43. The molecule has 0 unspecified atom stereocenters. The molecule has 0 amide bonds. The summed E-state index contributed by atoms with van der Waals surface area (Å²) < 4.78 is 16.6. The molecule has 0 saturated heterocycles. The fourth-order valence-electron chi connectivity index (χ4n) is 4.22. The van der Waals surface area contributed by atoms with Crippen molar-refractivity contribution in [1.29, 1.82) is 0 Å². The molecule has 1 saturated carbocycles. The Kier molecular flexibility index (Phi) is 9.41. The van der Waals surface area contributed by atoms with E-state index in [9.17, 15) is 0 Å². The van der Waals surface area contributed by atoms with Crippen molar-refractivity contribution in [3.05, 3.63) is 47.8 Å². The van der Waals surface area contributed by atoms with Gasteiger partial charge in [0.2, 0.25) is 5.75 Å². The van der Waals surface area contributed by atoms with E-state index in [2.05, 4.69) is 21.3 Å². The number of thiocarbonyl (C=S) groups is 1. The van der Waals surface area contributed by atoms with Crippen LogP contribution in [0.25, 0.3) is 0 Å². The van der Waals surface area contributed by atoms with Crippen LogP contribution in [-0.4, -0.2) is 42.4 Å². The van der Waals surface area contributed by atoms with E-state index in [-0.39, 0.29) is 0 Å². The van der Waals surface area contributed by atoms with E-state index in [1.165, 1.54) is 44.9 Å². The van der Waals surface area contributed by atoms with Crippen molar-refractivity contribution in [3.63, 3.8) is 0 Å². The number of rotatable bonds is 8. The first-order chi connectivity index (χ1) is 15.6. The van der Waals surface area contributed by atoms with Crippen molar-refractivity contribution in [2.24, 2.45) is 0 Å². The summed E-state index contributed by atoms with van der Waals surface area (Å²) >= 11 is 5.91. The first-order valence-corrected chi connectivity index (χ1v) is 11.8. The molecule has 1 aromatic heterocycles. The zero-order valence-electron chi connectivity index (χ0n) is 19.4. The van der Waals surface area contributed by atoms with E-state index in [0.717, 1.165) is 16.2 Å². The summed E-state index contributed by atoms with van der Waals surface area (Å²) in [6.45, 7) is 1.28. The average Bonchev–Trinajstić information content (AvgIpc) is 2.80. The third-order valence-corrected chi connectivity index (χ3v) is 6.29. The largest absolute Gasteiger partial charge is 0.493 e. The van der Waals surface area contributed by atoms with E-state index in [1.54, 1.807) is 27.5 Å². The molecule has 6 nitrogen and oxygen atoms in total. The van der Waals surface area contributed by atoms with Crippen molar-refractivity contribution in [3.8, 4) is 17.2 Å². The van der Waals surface area contributed by atoms with Gasteiger partial charge in [-0.25, -0.2) is 0 Å². The van der Waals surface area contributed by atoms with Gasteiger partial charge in [0.25, 0.3) is 0 Å². The van der Waals surface area contributed by atoms with Gasteiger partial charge in [-0.2, -0.15) is 0 Å². The first-order valence-electron chi connectivity index (χ1n) is 11.4. The highest BCUT2D eigenvalue weighted by Crippen LogP contribution is 2.38. The molecule has 1 aromatic carbocycles. The molecular formula is C25H35N3O3S. The van der Waals surface area contributed by atoms with Crippen LogP contribution in [0.4, 0.5) is 0 Å². The molecule has 7 heteroatoms. The Labute approximate surface area is 197 Å². The molecular weight excluding hydrogens is 422 g/mol. The lowest BCUT2D eigenvalue weighted by molar-refractivity contribution is 0.321. The van der Waals surface area contributed by atoms with Gasteiger partial charge in [0, 0.05) is 31.5 Å². The summed E-state index contributed by atoms with van der Waals surface area (Å²) in [5.74, 6) is 1.87. The SMILES string of the molecule is COc1cc(CN(Cc2cccnc2)C(=S)NC2CCCCCCC2)cc(OC)c1OC. The number of hydrogen-bond acceptors (Lipinski definition) is 5. The number of hydrogen-bond donors (Lipinski definition) is 1. The number of benzene rings is 1. The highest BCUT2D eigenvalue weighted by atomic mass is 32.1. The second-order valence-electron chi connectivity index (χ2n) is 8.24. The van der Waals surface area contributed by atoms with Crippen LogP contribution in [0.5, 0.6) is 17.2 Å². The Balaban J connectivity index is 1.81. The normalized spacial score (nSPS) is 14.7. The van der Waals surface area contributed by atoms with Gasteiger partial charge < -0.3 is 24.4 Å². The molecule has 32 heavy (non-hydrogen) atoms. The molecule has 1 aliphatic rings. The maximum Gasteiger partial charge on any atom is 0.203 e. The van der Waals surface area contributed by atoms with E-state index < -0.39 is 0 Å². The molecule has 0 atom stereocenters. The number of aromatic nitrogens is 1. The van der Waals surface area contributed by atoms with Crippen LogP contribution in [0.15, 0.2) is 36.7 Å². The first kappa shape index (κ1) is 24.1. The lowest BCUT2D eigenvalue weighted by atomic mass is 9.97. The molecule has 1 N–H and O–H groups in total. The van der Waals surface area contributed by atoms with Gasteiger partial charge in [-0.05, 0) is 54.4 Å². The maximum absolute atomic E-state index is 5.91. The number of pyridine rings is 1. The molecule has 1 aliphatic carbocycles. The van der Waals surface area contributed by atoms with Crippen LogP contribution < -0.4 is 19.5 Å². The number of ether oxygens (including phenoxy) is 3. The molecule has 174 valence electrons. The quantitative estimate of drug-likeness (QED) is 0.554. The molecule has 0 spiro atoms. The molecule has 0 radical (unpaired) electrons. The van der Waals surface area contributed by atoms with Crippen molar-refractivity contribution in [2.75, 3.05) is 21.3 Å². The van der Waals surface area contributed by atoms with Crippen LogP contribution in [0.1, 0.15) is 56.1 Å². The van der Waals surface area contributed by atoms with E-state index >= 15 is 0 Å². The van der Waals surface area contributed by atoms with Crippen LogP contribution in [0.2, 0.25) is 0 Å². The van der Waals surface area contributed by atoms with Crippen LogP contribution >= 0.6 is 12.2 Å². The Morgan fingerprint density at radius 3 is 2.16 bits per heavy atom. The standard InChI is InChI=1S/C25H35N3O3S/c1-29-22-14-20(15-23(30-2)24(22)31-3)18-28(17-19-10-9-13-26-16-19)25(32)27-21-11-7-5-4-6-8-12-21/h9-10,13-16,21H,4-8,11-12,17-18H2,1-3H3,(H,27,32). The molecule has 1 heterocycles. The molecule has 0 bridgehead atoms. The minimum Gasteiger partial charge on any atom is -0.493 e. The number of nitrogens with zero attached hydrogens (tertiary/aromatic N) is 2. The lowest BCUT2D eigenvalue weighted by Gasteiger charge is -2.30. The van der Waals surface area contributed by atoms with Gasteiger partial charge in [-0.15, -0.1) is 0 Å². The topological polar surface area (TPSA) is 55.9 Å². The summed E-state index contributed by atoms with van der Waals surface area (Å²) in [5.41, 5.74) is 2.15. The van der Waals surface area contributed by atoms with Gasteiger partial charge in [0.15, 0.2) is 16.6 Å². The van der Waals surface area contributed by atoms with Crippen molar-refractivity contribution in [1.82, 2.24) is 15.2 Å². The zero-order chi connectivity index (χ0) is 22.8. The highest BCUT2D eigenvalue weighted by molar-refractivity contribution is 7.80. The van der Waals surface area contributed by atoms with Gasteiger partial charge in [0.1, 0.15) is 0 Å². The minimum atomic E-state index is 0.430. The van der Waals surface area contributed by atoms with E-state index in [4.69, 9.17) is 26.4 Å². The fourth-order valence-corrected chi connectivity index (χ4v) is 4.52. The van der Waals surface area contributed by atoms with Gasteiger partial charge in [0.05, 0.1) is 21.3 Å². The second-order valence-corrected chi connectivity index (χ2v) is 8.63. The molecule has 0 aliphatic heterocycles. The Morgan fingerprint density at radius 1 is 0.969 bits per heavy atom. The van der Waals surface area contributed by atoms with E-state index in [1.807, 2.05) is 24.4 Å². The molecule has 3 rings (SSSR count). The second kappa shape index (κ2) is 12.5. The summed E-state index contributed by atoms with van der Waals surface area (Å²) in [5, 5.41) is 4.43. The third-order valence-electron chi connectivity index (χ3n) is 5.91. The summed E-state index contributed by atoms with van der Waals surface area (Å²) in [4.78, 5) is 6.46. The fraction of sp³-hybridized carbons (Fsp3) is 0.520. The Hall–Kier alpha value is -2.54. The number of methoxy groups -OCH3 is 3. The van der Waals surface area contributed by atoms with Crippen LogP contribution in [0, 0.1) is 0 Å². The Morgan fingerprint density at radius 2 is 1.59 bits per heavy atom. The monoisotopic (exact) mass is 457 g/mol. The highest BCUT2D eigenvalue weighted by Gasteiger charge is 2.19. The van der Waals surface area contributed by atoms with E-state index in [0.29, 0.717) is 36.4 Å². The van der Waals surface area contributed by atoms with Gasteiger partial charge in [-0.3, -0.25) is 4.98 Å².